The van der Waals surface area contributed by atoms with Crippen LogP contribution in [-0.2, 0) is 9.59 Å². The first-order valence-corrected chi connectivity index (χ1v) is 10.1. The molecule has 1 amide bonds. The quantitative estimate of drug-likeness (QED) is 0.423. The maximum absolute atomic E-state index is 12.9. The summed E-state index contributed by atoms with van der Waals surface area (Å²) in [6, 6.07) is 13.5. The molecule has 1 unspecified atom stereocenters. The van der Waals surface area contributed by atoms with Gasteiger partial charge in [-0.3, -0.25) is 14.6 Å². The summed E-state index contributed by atoms with van der Waals surface area (Å²) in [6.07, 6.45) is 2.37. The molecule has 29 heavy (non-hydrogen) atoms. The molecule has 1 aromatic heterocycles. The van der Waals surface area contributed by atoms with Crippen LogP contribution in [0.5, 0.6) is 0 Å². The van der Waals surface area contributed by atoms with Gasteiger partial charge in [0.15, 0.2) is 0 Å². The second kappa shape index (κ2) is 9.47. The van der Waals surface area contributed by atoms with Gasteiger partial charge in [-0.25, -0.2) is 0 Å². The van der Waals surface area contributed by atoms with Crippen molar-refractivity contribution in [1.82, 2.24) is 14.8 Å². The predicted octanol–water partition coefficient (Wildman–Crippen LogP) is 3.24. The monoisotopic (exact) mass is 393 g/mol. The van der Waals surface area contributed by atoms with Crippen LogP contribution in [0.4, 0.5) is 0 Å². The van der Waals surface area contributed by atoms with Crippen molar-refractivity contribution in [2.24, 2.45) is 0 Å². The average Bonchev–Trinajstić information content (AvgIpc) is 3.02. The third-order valence-electron chi connectivity index (χ3n) is 5.32. The van der Waals surface area contributed by atoms with E-state index in [4.69, 9.17) is 0 Å². The van der Waals surface area contributed by atoms with Gasteiger partial charge in [0.25, 0.3) is 11.7 Å². The fraction of sp³-hybridized carbons (Fsp3) is 0.348. The van der Waals surface area contributed by atoms with E-state index in [1.807, 2.05) is 12.1 Å². The average molecular weight is 393 g/mol. The van der Waals surface area contributed by atoms with Crippen LogP contribution >= 0.6 is 0 Å². The van der Waals surface area contributed by atoms with Crippen molar-refractivity contribution < 1.29 is 14.7 Å². The number of aliphatic hydroxyl groups excluding tert-OH is 1. The Balaban J connectivity index is 1.98. The molecule has 6 heteroatoms. The molecular formula is C23H27N3O3. The molecule has 1 aliphatic rings. The van der Waals surface area contributed by atoms with Crippen molar-refractivity contribution in [2.75, 3.05) is 26.2 Å². The maximum Gasteiger partial charge on any atom is 0.295 e. The van der Waals surface area contributed by atoms with Crippen LogP contribution < -0.4 is 0 Å². The van der Waals surface area contributed by atoms with Crippen LogP contribution in [-0.4, -0.2) is 57.8 Å². The third kappa shape index (κ3) is 4.38. The lowest BCUT2D eigenvalue weighted by atomic mass is 9.98. The number of carbonyl (C=O) groups excluding carboxylic acids is 2. The van der Waals surface area contributed by atoms with E-state index in [2.05, 4.69) is 23.7 Å². The number of rotatable bonds is 8. The first-order chi connectivity index (χ1) is 14.1. The summed E-state index contributed by atoms with van der Waals surface area (Å²) < 4.78 is 0. The molecule has 1 aliphatic heterocycles. The van der Waals surface area contributed by atoms with E-state index in [1.165, 1.54) is 0 Å². The SMILES string of the molecule is CCN(CC)CCCN1C(=O)C(=O)C(=C(O)c2ccccc2)C1c1ccccn1. The molecule has 0 bridgehead atoms. The summed E-state index contributed by atoms with van der Waals surface area (Å²) in [7, 11) is 0. The van der Waals surface area contributed by atoms with Crippen LogP contribution in [0.3, 0.4) is 0 Å². The smallest absolute Gasteiger partial charge is 0.295 e. The zero-order valence-electron chi connectivity index (χ0n) is 16.9. The van der Waals surface area contributed by atoms with Gasteiger partial charge in [-0.15, -0.1) is 0 Å². The molecule has 6 nitrogen and oxygen atoms in total. The zero-order chi connectivity index (χ0) is 20.8. The minimum atomic E-state index is -0.687. The number of amides is 1. The van der Waals surface area contributed by atoms with E-state index in [9.17, 15) is 14.7 Å². The van der Waals surface area contributed by atoms with Gasteiger partial charge in [0, 0.05) is 18.3 Å². The molecule has 0 radical (unpaired) electrons. The molecule has 1 atom stereocenters. The van der Waals surface area contributed by atoms with Gasteiger partial charge in [-0.2, -0.15) is 0 Å². The fourth-order valence-electron chi connectivity index (χ4n) is 3.71. The highest BCUT2D eigenvalue weighted by Crippen LogP contribution is 2.38. The van der Waals surface area contributed by atoms with Crippen LogP contribution in [0.15, 0.2) is 60.3 Å². The van der Waals surface area contributed by atoms with Gasteiger partial charge < -0.3 is 14.9 Å². The number of pyridine rings is 1. The molecule has 1 fully saturated rings. The highest BCUT2D eigenvalue weighted by Gasteiger charge is 2.46. The maximum atomic E-state index is 12.9. The van der Waals surface area contributed by atoms with E-state index in [0.717, 1.165) is 26.1 Å². The highest BCUT2D eigenvalue weighted by molar-refractivity contribution is 6.46. The highest BCUT2D eigenvalue weighted by atomic mass is 16.3. The van der Waals surface area contributed by atoms with Gasteiger partial charge in [0.2, 0.25) is 0 Å². The number of carbonyl (C=O) groups is 2. The molecule has 2 heterocycles. The summed E-state index contributed by atoms with van der Waals surface area (Å²) in [4.78, 5) is 33.9. The van der Waals surface area contributed by atoms with Crippen LogP contribution in [0.1, 0.15) is 37.6 Å². The van der Waals surface area contributed by atoms with E-state index < -0.39 is 17.7 Å². The minimum absolute atomic E-state index is 0.0998. The number of hydrogen-bond acceptors (Lipinski definition) is 5. The van der Waals surface area contributed by atoms with Gasteiger partial charge in [0.1, 0.15) is 11.8 Å². The van der Waals surface area contributed by atoms with Gasteiger partial charge >= 0.3 is 0 Å². The molecule has 0 aliphatic carbocycles. The summed E-state index contributed by atoms with van der Waals surface area (Å²) in [6.45, 7) is 7.34. The lowest BCUT2D eigenvalue weighted by Gasteiger charge is -2.26. The Bertz CT molecular complexity index is 877. The Hall–Kier alpha value is -2.99. The predicted molar refractivity (Wildman–Crippen MR) is 112 cm³/mol. The number of benzene rings is 1. The van der Waals surface area contributed by atoms with Crippen molar-refractivity contribution in [2.45, 2.75) is 26.3 Å². The second-order valence-electron chi connectivity index (χ2n) is 6.99. The number of likely N-dealkylation sites (tertiary alicyclic amines) is 1. The van der Waals surface area contributed by atoms with E-state index in [-0.39, 0.29) is 11.3 Å². The molecule has 3 rings (SSSR count). The van der Waals surface area contributed by atoms with Crippen molar-refractivity contribution in [3.05, 3.63) is 71.6 Å². The second-order valence-corrected chi connectivity index (χ2v) is 6.99. The number of hydrogen-bond donors (Lipinski definition) is 1. The number of Topliss-reactive ketones (excluding diaryl/α,β-unsaturated/α-hetero) is 1. The third-order valence-corrected chi connectivity index (χ3v) is 5.32. The van der Waals surface area contributed by atoms with Crippen molar-refractivity contribution in [1.29, 1.82) is 0 Å². The number of aromatic nitrogens is 1. The summed E-state index contributed by atoms with van der Waals surface area (Å²) >= 11 is 0. The fourth-order valence-corrected chi connectivity index (χ4v) is 3.71. The van der Waals surface area contributed by atoms with Gasteiger partial charge in [-0.05, 0) is 38.2 Å². The molecule has 1 aromatic carbocycles. The van der Waals surface area contributed by atoms with Gasteiger partial charge in [0.05, 0.1) is 11.3 Å². The molecule has 0 spiro atoms. The number of ketones is 1. The summed E-state index contributed by atoms with van der Waals surface area (Å²) in [5.74, 6) is -1.41. The van der Waals surface area contributed by atoms with E-state index in [0.29, 0.717) is 17.8 Å². The van der Waals surface area contributed by atoms with Crippen LogP contribution in [0.25, 0.3) is 5.76 Å². The van der Waals surface area contributed by atoms with E-state index >= 15 is 0 Å². The molecule has 1 saturated heterocycles. The molecule has 0 saturated carbocycles. The Morgan fingerprint density at radius 3 is 2.38 bits per heavy atom. The first-order valence-electron chi connectivity index (χ1n) is 10.1. The lowest BCUT2D eigenvalue weighted by Crippen LogP contribution is -2.33. The Morgan fingerprint density at radius 2 is 1.76 bits per heavy atom. The molecule has 1 N–H and O–H groups in total. The standard InChI is InChI=1S/C23H27N3O3/c1-3-25(4-2)15-10-16-26-20(18-13-8-9-14-24-18)19(22(28)23(26)29)21(27)17-11-6-5-7-12-17/h5-9,11-14,20,27H,3-4,10,15-16H2,1-2H3. The molecule has 2 aromatic rings. The molecular weight excluding hydrogens is 366 g/mol. The van der Waals surface area contributed by atoms with Crippen molar-refractivity contribution >= 4 is 17.4 Å². The number of aliphatic hydroxyl groups is 1. The summed E-state index contributed by atoms with van der Waals surface area (Å²) in [5, 5.41) is 10.9. The largest absolute Gasteiger partial charge is 0.507 e. The zero-order valence-corrected chi connectivity index (χ0v) is 16.9. The van der Waals surface area contributed by atoms with Crippen molar-refractivity contribution in [3.63, 3.8) is 0 Å². The Labute approximate surface area is 171 Å². The number of nitrogens with zero attached hydrogens (tertiary/aromatic N) is 3. The van der Waals surface area contributed by atoms with Gasteiger partial charge in [-0.1, -0.05) is 50.2 Å². The molecule has 152 valence electrons. The van der Waals surface area contributed by atoms with Crippen LogP contribution in [0.2, 0.25) is 0 Å². The van der Waals surface area contributed by atoms with Crippen LogP contribution in [0, 0.1) is 0 Å². The first kappa shape index (κ1) is 20.7. The summed E-state index contributed by atoms with van der Waals surface area (Å²) in [5.41, 5.74) is 1.18. The Kier molecular flexibility index (Phi) is 6.77. The topological polar surface area (TPSA) is 73.7 Å². The normalized spacial score (nSPS) is 18.6. The lowest BCUT2D eigenvalue weighted by molar-refractivity contribution is -0.140. The Morgan fingerprint density at radius 1 is 1.07 bits per heavy atom. The minimum Gasteiger partial charge on any atom is -0.507 e. The van der Waals surface area contributed by atoms with E-state index in [1.54, 1.807) is 47.5 Å². The van der Waals surface area contributed by atoms with Crippen molar-refractivity contribution in [3.8, 4) is 0 Å².